The molecule has 6 nitrogen and oxygen atoms in total. The van der Waals surface area contributed by atoms with Crippen molar-refractivity contribution in [1.29, 1.82) is 0 Å². The van der Waals surface area contributed by atoms with Crippen LogP contribution in [0.25, 0.3) is 0 Å². The molecule has 0 amide bonds. The predicted octanol–water partition coefficient (Wildman–Crippen LogP) is 8.35. The molecule has 4 aromatic carbocycles. The Morgan fingerprint density at radius 2 is 1.54 bits per heavy atom. The van der Waals surface area contributed by atoms with Crippen LogP contribution in [0.3, 0.4) is 0 Å². The molecule has 1 heterocycles. The maximum absolute atomic E-state index is 6.28. The lowest BCUT2D eigenvalue weighted by molar-refractivity contribution is 0.305. The number of hydrazone groups is 1. The second-order valence-corrected chi connectivity index (χ2v) is 10.3. The van der Waals surface area contributed by atoms with E-state index in [1.54, 1.807) is 5.01 Å². The fourth-order valence-electron chi connectivity index (χ4n) is 4.32. The summed E-state index contributed by atoms with van der Waals surface area (Å²) in [5.41, 5.74) is 13.7. The SMILES string of the molecule is Cc1ccc(N=Nc2ccc(OCc3ccc(Cl)cc3)c(C3=NN(C(N)=S)C(c4ccc(C)cc4)C3)c2)cc1. The summed E-state index contributed by atoms with van der Waals surface area (Å²) in [5.74, 6) is 0.686. The Kier molecular flexibility index (Phi) is 8.00. The van der Waals surface area contributed by atoms with Crippen molar-refractivity contribution in [1.82, 2.24) is 5.01 Å². The van der Waals surface area contributed by atoms with E-state index in [2.05, 4.69) is 41.4 Å². The molecule has 0 bridgehead atoms. The highest BCUT2D eigenvalue weighted by Gasteiger charge is 2.32. The maximum atomic E-state index is 6.28. The minimum Gasteiger partial charge on any atom is -0.488 e. The Morgan fingerprint density at radius 1 is 0.923 bits per heavy atom. The molecule has 2 N–H and O–H groups in total. The topological polar surface area (TPSA) is 75.6 Å². The van der Waals surface area contributed by atoms with Crippen LogP contribution in [0.4, 0.5) is 11.4 Å². The largest absolute Gasteiger partial charge is 0.488 e. The monoisotopic (exact) mass is 553 g/mol. The zero-order chi connectivity index (χ0) is 27.4. The van der Waals surface area contributed by atoms with Gasteiger partial charge in [-0.15, -0.1) is 0 Å². The fourth-order valence-corrected chi connectivity index (χ4v) is 4.62. The number of hydrogen-bond acceptors (Lipinski definition) is 5. The summed E-state index contributed by atoms with van der Waals surface area (Å²) in [6, 6.07) is 29.5. The first-order valence-corrected chi connectivity index (χ1v) is 13.4. The minimum atomic E-state index is -0.111. The molecule has 8 heteroatoms. The number of azo groups is 1. The first-order valence-electron chi connectivity index (χ1n) is 12.6. The van der Waals surface area contributed by atoms with Crippen molar-refractivity contribution < 1.29 is 4.74 Å². The Hall–Kier alpha value is -4.07. The zero-order valence-electron chi connectivity index (χ0n) is 21.7. The normalized spacial score (nSPS) is 15.0. The number of ether oxygens (including phenoxy) is 1. The van der Waals surface area contributed by atoms with Crippen LogP contribution in [0.15, 0.2) is 106 Å². The molecule has 39 heavy (non-hydrogen) atoms. The maximum Gasteiger partial charge on any atom is 0.187 e. The predicted molar refractivity (Wildman–Crippen MR) is 161 cm³/mol. The van der Waals surface area contributed by atoms with Gasteiger partial charge >= 0.3 is 0 Å². The van der Waals surface area contributed by atoms with Crippen molar-refractivity contribution in [2.75, 3.05) is 0 Å². The minimum absolute atomic E-state index is 0.111. The number of aryl methyl sites for hydroxylation is 2. The molecular weight excluding hydrogens is 526 g/mol. The third kappa shape index (κ3) is 6.50. The first kappa shape index (κ1) is 26.5. The highest BCUT2D eigenvalue weighted by atomic mass is 35.5. The molecule has 1 atom stereocenters. The summed E-state index contributed by atoms with van der Waals surface area (Å²) in [6.45, 7) is 4.48. The molecular formula is C31H28ClN5OS. The molecule has 1 aliphatic heterocycles. The molecule has 5 rings (SSSR count). The average molecular weight is 554 g/mol. The van der Waals surface area contributed by atoms with E-state index >= 15 is 0 Å². The second kappa shape index (κ2) is 11.8. The van der Waals surface area contributed by atoms with E-state index in [9.17, 15) is 0 Å². The van der Waals surface area contributed by atoms with Crippen molar-refractivity contribution in [3.05, 3.63) is 124 Å². The standard InChI is InChI=1S/C31H28ClN5OS/c1-20-3-9-23(10-4-20)29-18-28(36-37(29)31(33)39)27-17-26(35-34-25-13-5-21(2)6-14-25)15-16-30(27)38-19-22-7-11-24(32)12-8-22/h3-17,29H,18-19H2,1-2H3,(H2,33,39). The molecule has 0 spiro atoms. The van der Waals surface area contributed by atoms with E-state index in [4.69, 9.17) is 39.4 Å². The van der Waals surface area contributed by atoms with Gasteiger partial charge < -0.3 is 10.5 Å². The summed E-state index contributed by atoms with van der Waals surface area (Å²) >= 11 is 11.4. The van der Waals surface area contributed by atoms with Gasteiger partial charge in [-0.3, -0.25) is 0 Å². The van der Waals surface area contributed by atoms with Crippen molar-refractivity contribution in [2.24, 2.45) is 21.1 Å². The van der Waals surface area contributed by atoms with Gasteiger partial charge in [0, 0.05) is 17.0 Å². The van der Waals surface area contributed by atoms with E-state index in [1.807, 2.05) is 73.7 Å². The van der Waals surface area contributed by atoms with E-state index in [-0.39, 0.29) is 11.2 Å². The van der Waals surface area contributed by atoms with Gasteiger partial charge in [-0.25, -0.2) is 5.01 Å². The van der Waals surface area contributed by atoms with Gasteiger partial charge in [0.1, 0.15) is 12.4 Å². The molecule has 0 radical (unpaired) electrons. The quantitative estimate of drug-likeness (QED) is 0.184. The van der Waals surface area contributed by atoms with E-state index in [1.165, 1.54) is 11.1 Å². The third-order valence-electron chi connectivity index (χ3n) is 6.49. The van der Waals surface area contributed by atoms with Crippen molar-refractivity contribution in [3.63, 3.8) is 0 Å². The van der Waals surface area contributed by atoms with Crippen molar-refractivity contribution >= 4 is 46.0 Å². The number of halogens is 1. The zero-order valence-corrected chi connectivity index (χ0v) is 23.3. The highest BCUT2D eigenvalue weighted by molar-refractivity contribution is 7.80. The molecule has 0 aromatic heterocycles. The number of nitrogens with two attached hydrogens (primary N) is 1. The van der Waals surface area contributed by atoms with Gasteiger partial charge in [0.15, 0.2) is 5.11 Å². The Morgan fingerprint density at radius 3 is 2.21 bits per heavy atom. The number of rotatable bonds is 7. The molecule has 196 valence electrons. The Bertz CT molecular complexity index is 1530. The van der Waals surface area contributed by atoms with Gasteiger partial charge in [0.25, 0.3) is 0 Å². The molecule has 0 fully saturated rings. The lowest BCUT2D eigenvalue weighted by Gasteiger charge is -2.22. The molecule has 1 unspecified atom stereocenters. The molecule has 4 aromatic rings. The number of benzene rings is 4. The van der Waals surface area contributed by atoms with Gasteiger partial charge in [-0.1, -0.05) is 71.3 Å². The number of hydrogen-bond donors (Lipinski definition) is 1. The van der Waals surface area contributed by atoms with Crippen LogP contribution in [0.1, 0.15) is 40.3 Å². The van der Waals surface area contributed by atoms with Gasteiger partial charge in [0.05, 0.1) is 23.1 Å². The van der Waals surface area contributed by atoms with Crippen LogP contribution in [-0.2, 0) is 6.61 Å². The molecule has 1 aliphatic rings. The van der Waals surface area contributed by atoms with Crippen molar-refractivity contribution in [3.8, 4) is 5.75 Å². The summed E-state index contributed by atoms with van der Waals surface area (Å²) in [5, 5.41) is 16.4. The van der Waals surface area contributed by atoms with Crippen LogP contribution in [0.5, 0.6) is 5.75 Å². The summed E-state index contributed by atoms with van der Waals surface area (Å²) in [4.78, 5) is 0. The second-order valence-electron chi connectivity index (χ2n) is 9.49. The van der Waals surface area contributed by atoms with Crippen LogP contribution in [-0.4, -0.2) is 15.8 Å². The fraction of sp³-hybridized carbons (Fsp3) is 0.161. The van der Waals surface area contributed by atoms with Gasteiger partial charge in [-0.2, -0.15) is 15.3 Å². The summed E-state index contributed by atoms with van der Waals surface area (Å²) in [6.07, 6.45) is 0.607. The smallest absolute Gasteiger partial charge is 0.187 e. The summed E-state index contributed by atoms with van der Waals surface area (Å²) in [7, 11) is 0. The average Bonchev–Trinajstić information content (AvgIpc) is 3.39. The Balaban J connectivity index is 1.48. The molecule has 0 saturated heterocycles. The molecule has 0 saturated carbocycles. The van der Waals surface area contributed by atoms with E-state index in [0.717, 1.165) is 28.1 Å². The van der Waals surface area contributed by atoms with E-state index < -0.39 is 0 Å². The van der Waals surface area contributed by atoms with Gasteiger partial charge in [0.2, 0.25) is 0 Å². The lowest BCUT2D eigenvalue weighted by atomic mass is 9.97. The van der Waals surface area contributed by atoms with Crippen molar-refractivity contribution in [2.45, 2.75) is 32.9 Å². The van der Waals surface area contributed by atoms with Crippen LogP contribution in [0.2, 0.25) is 5.02 Å². The van der Waals surface area contributed by atoms with Crippen LogP contribution in [0, 0.1) is 13.8 Å². The number of thiocarbonyl (C=S) groups is 1. The Labute approximate surface area is 238 Å². The molecule has 0 aliphatic carbocycles. The highest BCUT2D eigenvalue weighted by Crippen LogP contribution is 2.37. The van der Waals surface area contributed by atoms with Gasteiger partial charge in [-0.05, 0) is 79.7 Å². The third-order valence-corrected chi connectivity index (χ3v) is 6.93. The summed E-state index contributed by atoms with van der Waals surface area (Å²) < 4.78 is 6.28. The lowest BCUT2D eigenvalue weighted by Crippen LogP contribution is -2.31. The number of nitrogens with zero attached hydrogens (tertiary/aromatic N) is 4. The van der Waals surface area contributed by atoms with E-state index in [0.29, 0.717) is 29.5 Å². The van der Waals surface area contributed by atoms with Crippen LogP contribution >= 0.6 is 23.8 Å². The first-order chi connectivity index (χ1) is 18.9. The van der Waals surface area contributed by atoms with Crippen LogP contribution < -0.4 is 10.5 Å².